The number of anilines is 1. The highest BCUT2D eigenvalue weighted by Gasteiger charge is 2.14. The van der Waals surface area contributed by atoms with Gasteiger partial charge in [0, 0.05) is 11.6 Å². The number of hydrogen-bond acceptors (Lipinski definition) is 5. The van der Waals surface area contributed by atoms with Crippen molar-refractivity contribution in [2.75, 3.05) is 5.73 Å². The van der Waals surface area contributed by atoms with Crippen molar-refractivity contribution in [2.24, 2.45) is 5.73 Å². The van der Waals surface area contributed by atoms with Crippen molar-refractivity contribution < 1.29 is 4.79 Å². The van der Waals surface area contributed by atoms with Gasteiger partial charge < -0.3 is 11.5 Å². The van der Waals surface area contributed by atoms with Crippen LogP contribution >= 0.6 is 11.3 Å². The Kier molecular flexibility index (Phi) is 2.49. The lowest BCUT2D eigenvalue weighted by Crippen LogP contribution is -2.11. The van der Waals surface area contributed by atoms with Gasteiger partial charge in [-0.05, 0) is 19.1 Å². The first-order valence-electron chi connectivity index (χ1n) is 5.56. The summed E-state index contributed by atoms with van der Waals surface area (Å²) in [6, 6.07) is 3.41. The first-order valence-corrected chi connectivity index (χ1v) is 6.44. The predicted octanol–water partition coefficient (Wildman–Crippen LogP) is 1.45. The average Bonchev–Trinajstić information content (AvgIpc) is 2.90. The quantitative estimate of drug-likeness (QED) is 0.738. The van der Waals surface area contributed by atoms with Crippen molar-refractivity contribution in [3.05, 3.63) is 35.0 Å². The Morgan fingerprint density at radius 2 is 2.16 bits per heavy atom. The lowest BCUT2D eigenvalue weighted by molar-refractivity contribution is 0.1000. The zero-order valence-electron chi connectivity index (χ0n) is 10.1. The van der Waals surface area contributed by atoms with Crippen molar-refractivity contribution in [3.8, 4) is 11.4 Å². The van der Waals surface area contributed by atoms with E-state index in [4.69, 9.17) is 11.5 Å². The van der Waals surface area contributed by atoms with Gasteiger partial charge in [-0.25, -0.2) is 9.97 Å². The number of thiazole rings is 1. The lowest BCUT2D eigenvalue weighted by atomic mass is 10.2. The maximum atomic E-state index is 11.3. The second-order valence-electron chi connectivity index (χ2n) is 4.13. The second kappa shape index (κ2) is 4.06. The molecule has 19 heavy (non-hydrogen) atoms. The fourth-order valence-corrected chi connectivity index (χ4v) is 2.56. The number of amides is 1. The molecule has 3 heterocycles. The molecule has 7 heteroatoms. The van der Waals surface area contributed by atoms with Crippen molar-refractivity contribution in [2.45, 2.75) is 6.92 Å². The number of primary amides is 1. The summed E-state index contributed by atoms with van der Waals surface area (Å²) in [4.78, 5) is 20.0. The normalized spacial score (nSPS) is 11.0. The third-order valence-electron chi connectivity index (χ3n) is 2.84. The molecule has 0 saturated carbocycles. The van der Waals surface area contributed by atoms with Crippen LogP contribution in [0.3, 0.4) is 0 Å². The van der Waals surface area contributed by atoms with Crippen LogP contribution in [0.25, 0.3) is 17.0 Å². The second-order valence-corrected chi connectivity index (χ2v) is 5.02. The van der Waals surface area contributed by atoms with E-state index in [0.717, 1.165) is 22.7 Å². The van der Waals surface area contributed by atoms with Crippen LogP contribution in [0.15, 0.2) is 23.7 Å². The maximum Gasteiger partial charge on any atom is 0.250 e. The van der Waals surface area contributed by atoms with Crippen LogP contribution in [0.4, 0.5) is 5.13 Å². The van der Waals surface area contributed by atoms with Gasteiger partial charge in [0.25, 0.3) is 0 Å². The number of carbonyl (C=O) groups is 1. The number of nitrogens with two attached hydrogens (primary N) is 2. The SMILES string of the molecule is Cc1nc2ccc(C(N)=O)cn2c1-c1csc(N)n1. The van der Waals surface area contributed by atoms with E-state index in [1.807, 2.05) is 16.7 Å². The first-order chi connectivity index (χ1) is 9.06. The van der Waals surface area contributed by atoms with E-state index in [1.165, 1.54) is 11.3 Å². The van der Waals surface area contributed by atoms with Crippen LogP contribution in [-0.4, -0.2) is 20.3 Å². The van der Waals surface area contributed by atoms with Gasteiger partial charge in [0.2, 0.25) is 5.91 Å². The molecule has 0 saturated heterocycles. The van der Waals surface area contributed by atoms with Crippen LogP contribution in [0.5, 0.6) is 0 Å². The van der Waals surface area contributed by atoms with E-state index in [0.29, 0.717) is 10.7 Å². The summed E-state index contributed by atoms with van der Waals surface area (Å²) in [7, 11) is 0. The van der Waals surface area contributed by atoms with Gasteiger partial charge in [-0.2, -0.15) is 0 Å². The highest BCUT2D eigenvalue weighted by Crippen LogP contribution is 2.27. The number of rotatable bonds is 2. The minimum atomic E-state index is -0.475. The summed E-state index contributed by atoms with van der Waals surface area (Å²) in [5, 5.41) is 2.36. The molecule has 0 aliphatic heterocycles. The molecule has 3 aromatic heterocycles. The first kappa shape index (κ1) is 11.7. The van der Waals surface area contributed by atoms with Crippen molar-refractivity contribution >= 4 is 28.0 Å². The minimum Gasteiger partial charge on any atom is -0.375 e. The van der Waals surface area contributed by atoms with Gasteiger partial charge in [-0.1, -0.05) is 0 Å². The van der Waals surface area contributed by atoms with Gasteiger partial charge in [-0.15, -0.1) is 11.3 Å². The molecule has 3 rings (SSSR count). The van der Waals surface area contributed by atoms with Gasteiger partial charge in [0.15, 0.2) is 5.13 Å². The summed E-state index contributed by atoms with van der Waals surface area (Å²) < 4.78 is 1.81. The molecule has 0 aromatic carbocycles. The predicted molar refractivity (Wildman–Crippen MR) is 74.0 cm³/mol. The number of pyridine rings is 1. The number of nitrogen functional groups attached to an aromatic ring is 1. The average molecular weight is 273 g/mol. The number of fused-ring (bicyclic) bond motifs is 1. The fraction of sp³-hybridized carbons (Fsp3) is 0.0833. The lowest BCUT2D eigenvalue weighted by Gasteiger charge is -2.01. The molecule has 96 valence electrons. The van der Waals surface area contributed by atoms with E-state index in [-0.39, 0.29) is 0 Å². The molecule has 0 bridgehead atoms. The Balaban J connectivity index is 2.31. The molecule has 4 N–H and O–H groups in total. The van der Waals surface area contributed by atoms with Crippen molar-refractivity contribution in [3.63, 3.8) is 0 Å². The Bertz CT molecular complexity index is 789. The topological polar surface area (TPSA) is 99.3 Å². The summed E-state index contributed by atoms with van der Waals surface area (Å²) in [6.45, 7) is 1.89. The van der Waals surface area contributed by atoms with E-state index in [1.54, 1.807) is 18.3 Å². The molecule has 0 aliphatic rings. The molecule has 0 atom stereocenters. The zero-order chi connectivity index (χ0) is 13.6. The van der Waals surface area contributed by atoms with E-state index in [2.05, 4.69) is 9.97 Å². The largest absolute Gasteiger partial charge is 0.375 e. The number of imidazole rings is 1. The molecule has 0 unspecified atom stereocenters. The number of aryl methyl sites for hydroxylation is 1. The molecule has 1 amide bonds. The Labute approximate surface area is 112 Å². The van der Waals surface area contributed by atoms with E-state index in [9.17, 15) is 4.79 Å². The van der Waals surface area contributed by atoms with Crippen LogP contribution in [0.2, 0.25) is 0 Å². The van der Waals surface area contributed by atoms with E-state index >= 15 is 0 Å². The van der Waals surface area contributed by atoms with Gasteiger partial charge in [0.05, 0.1) is 17.0 Å². The molecule has 6 nitrogen and oxygen atoms in total. The molecule has 0 aliphatic carbocycles. The summed E-state index contributed by atoms with van der Waals surface area (Å²) in [5.41, 5.74) is 14.5. The number of carbonyl (C=O) groups excluding carboxylic acids is 1. The molecule has 0 radical (unpaired) electrons. The third-order valence-corrected chi connectivity index (χ3v) is 3.52. The highest BCUT2D eigenvalue weighted by molar-refractivity contribution is 7.13. The number of nitrogens with zero attached hydrogens (tertiary/aromatic N) is 3. The van der Waals surface area contributed by atoms with Crippen LogP contribution in [-0.2, 0) is 0 Å². The number of hydrogen-bond donors (Lipinski definition) is 2. The van der Waals surface area contributed by atoms with Gasteiger partial charge in [-0.3, -0.25) is 9.20 Å². The summed E-state index contributed by atoms with van der Waals surface area (Å²) in [6.07, 6.45) is 1.67. The summed E-state index contributed by atoms with van der Waals surface area (Å²) >= 11 is 1.36. The third kappa shape index (κ3) is 1.84. The molecular formula is C12H11N5OS. The maximum absolute atomic E-state index is 11.3. The van der Waals surface area contributed by atoms with Crippen molar-refractivity contribution in [1.82, 2.24) is 14.4 Å². The van der Waals surface area contributed by atoms with Gasteiger partial charge >= 0.3 is 0 Å². The van der Waals surface area contributed by atoms with Crippen LogP contribution in [0.1, 0.15) is 16.1 Å². The van der Waals surface area contributed by atoms with Crippen molar-refractivity contribution in [1.29, 1.82) is 0 Å². The molecule has 0 fully saturated rings. The molecule has 3 aromatic rings. The molecule has 0 spiro atoms. The van der Waals surface area contributed by atoms with Crippen LogP contribution in [0, 0.1) is 6.92 Å². The summed E-state index contributed by atoms with van der Waals surface area (Å²) in [5.74, 6) is -0.475. The Morgan fingerprint density at radius 1 is 1.37 bits per heavy atom. The fourth-order valence-electron chi connectivity index (χ4n) is 2.01. The number of aromatic nitrogens is 3. The van der Waals surface area contributed by atoms with Crippen LogP contribution < -0.4 is 11.5 Å². The molecular weight excluding hydrogens is 262 g/mol. The van der Waals surface area contributed by atoms with E-state index < -0.39 is 5.91 Å². The Hall–Kier alpha value is -2.41. The zero-order valence-corrected chi connectivity index (χ0v) is 10.9. The van der Waals surface area contributed by atoms with Gasteiger partial charge in [0.1, 0.15) is 11.3 Å². The monoisotopic (exact) mass is 273 g/mol. The standard InChI is InChI=1S/C12H11N5OS/c1-6-10(8-5-19-12(14)16-8)17-4-7(11(13)18)2-3-9(17)15-6/h2-5H,1H3,(H2,13,18)(H2,14,16). The minimum absolute atomic E-state index is 0.425. The highest BCUT2D eigenvalue weighted by atomic mass is 32.1. The smallest absolute Gasteiger partial charge is 0.250 e. The Morgan fingerprint density at radius 3 is 2.79 bits per heavy atom.